The van der Waals surface area contributed by atoms with E-state index in [1.54, 1.807) is 36.9 Å². The molecule has 0 spiro atoms. The maximum absolute atomic E-state index is 5.96. The lowest BCUT2D eigenvalue weighted by molar-refractivity contribution is 0.355. The number of hydrogen-bond donors (Lipinski definition) is 0. The van der Waals surface area contributed by atoms with Crippen LogP contribution in [0, 0.1) is 0 Å². The molecule has 0 radical (unpaired) electrons. The maximum Gasteiger partial charge on any atom is 0.161 e. The Morgan fingerprint density at radius 2 is 1.30 bits per heavy atom. The standard InChI is InChI=1S/C20H15ClN2O2S2/c1-24-17-8-5-13(9-18(17)25-2)16-11-27-20(23-16)19-22-15(10-26-19)12-3-6-14(21)7-4-12/h3-11H,1-2H3. The van der Waals surface area contributed by atoms with Crippen LogP contribution in [0.1, 0.15) is 0 Å². The molecule has 4 rings (SSSR count). The van der Waals surface area contributed by atoms with Crippen molar-refractivity contribution in [3.63, 3.8) is 0 Å². The zero-order chi connectivity index (χ0) is 18.8. The van der Waals surface area contributed by atoms with E-state index >= 15 is 0 Å². The van der Waals surface area contributed by atoms with Gasteiger partial charge in [-0.2, -0.15) is 0 Å². The molecule has 27 heavy (non-hydrogen) atoms. The number of hydrogen-bond acceptors (Lipinski definition) is 6. The monoisotopic (exact) mass is 414 g/mol. The first-order valence-electron chi connectivity index (χ1n) is 8.07. The molecule has 0 amide bonds. The molecule has 0 aliphatic heterocycles. The first-order chi connectivity index (χ1) is 13.2. The van der Waals surface area contributed by atoms with Crippen LogP contribution in [0.25, 0.3) is 32.5 Å². The van der Waals surface area contributed by atoms with E-state index in [0.29, 0.717) is 16.5 Å². The van der Waals surface area contributed by atoms with E-state index in [-0.39, 0.29) is 0 Å². The number of aromatic nitrogens is 2. The Balaban J connectivity index is 1.62. The van der Waals surface area contributed by atoms with Crippen molar-refractivity contribution in [3.8, 4) is 44.0 Å². The smallest absolute Gasteiger partial charge is 0.161 e. The summed E-state index contributed by atoms with van der Waals surface area (Å²) in [4.78, 5) is 9.48. The third-order valence-corrected chi connectivity index (χ3v) is 6.09. The summed E-state index contributed by atoms with van der Waals surface area (Å²) < 4.78 is 10.7. The average Bonchev–Trinajstić information content (AvgIpc) is 3.37. The first kappa shape index (κ1) is 18.0. The zero-order valence-corrected chi connectivity index (χ0v) is 17.0. The van der Waals surface area contributed by atoms with Crippen LogP contribution in [0.3, 0.4) is 0 Å². The largest absolute Gasteiger partial charge is 0.493 e. The molecule has 0 saturated heterocycles. The van der Waals surface area contributed by atoms with E-state index in [1.807, 2.05) is 53.2 Å². The van der Waals surface area contributed by atoms with Gasteiger partial charge in [0.1, 0.15) is 0 Å². The highest BCUT2D eigenvalue weighted by atomic mass is 35.5. The van der Waals surface area contributed by atoms with E-state index < -0.39 is 0 Å². The Kier molecular flexibility index (Phi) is 5.11. The van der Waals surface area contributed by atoms with Gasteiger partial charge in [0.25, 0.3) is 0 Å². The summed E-state index contributed by atoms with van der Waals surface area (Å²) in [6, 6.07) is 13.5. The molecule has 0 atom stereocenters. The second kappa shape index (κ2) is 7.68. The third-order valence-electron chi connectivity index (χ3n) is 4.01. The van der Waals surface area contributed by atoms with Crippen LogP contribution in [0.5, 0.6) is 11.5 Å². The van der Waals surface area contributed by atoms with Crippen LogP contribution in [-0.4, -0.2) is 24.2 Å². The van der Waals surface area contributed by atoms with Crippen LogP contribution >= 0.6 is 34.3 Å². The Morgan fingerprint density at radius 3 is 1.89 bits per heavy atom. The van der Waals surface area contributed by atoms with Crippen LogP contribution in [0.15, 0.2) is 53.2 Å². The van der Waals surface area contributed by atoms with Gasteiger partial charge in [-0.3, -0.25) is 0 Å². The molecular weight excluding hydrogens is 400 g/mol. The van der Waals surface area contributed by atoms with Crippen molar-refractivity contribution >= 4 is 34.3 Å². The lowest BCUT2D eigenvalue weighted by atomic mass is 10.1. The molecule has 136 valence electrons. The fourth-order valence-corrected chi connectivity index (χ4v) is 4.46. The van der Waals surface area contributed by atoms with Crippen LogP contribution in [0.2, 0.25) is 5.02 Å². The van der Waals surface area contributed by atoms with Gasteiger partial charge in [-0.1, -0.05) is 23.7 Å². The molecule has 2 heterocycles. The summed E-state index contributed by atoms with van der Waals surface area (Å²) in [5, 5.41) is 6.58. The van der Waals surface area contributed by atoms with Crippen LogP contribution in [-0.2, 0) is 0 Å². The number of benzene rings is 2. The highest BCUT2D eigenvalue weighted by Gasteiger charge is 2.13. The number of rotatable bonds is 5. The maximum atomic E-state index is 5.96. The van der Waals surface area contributed by atoms with Crippen molar-refractivity contribution in [3.05, 3.63) is 58.2 Å². The molecule has 0 saturated carbocycles. The molecule has 0 fully saturated rings. The van der Waals surface area contributed by atoms with Crippen molar-refractivity contribution in [1.82, 2.24) is 9.97 Å². The third kappa shape index (κ3) is 3.69. The fourth-order valence-electron chi connectivity index (χ4n) is 2.63. The van der Waals surface area contributed by atoms with E-state index in [9.17, 15) is 0 Å². The molecule has 4 nitrogen and oxygen atoms in total. The molecular formula is C20H15ClN2O2S2. The number of thiazole rings is 2. The molecule has 4 aromatic rings. The Morgan fingerprint density at radius 1 is 0.741 bits per heavy atom. The molecule has 7 heteroatoms. The number of halogens is 1. The Bertz CT molecular complexity index is 1070. The van der Waals surface area contributed by atoms with E-state index in [2.05, 4.69) is 0 Å². The molecule has 0 bridgehead atoms. The van der Waals surface area contributed by atoms with Crippen molar-refractivity contribution in [2.75, 3.05) is 14.2 Å². The predicted molar refractivity (Wildman–Crippen MR) is 112 cm³/mol. The summed E-state index contributed by atoms with van der Waals surface area (Å²) in [5.74, 6) is 1.38. The topological polar surface area (TPSA) is 44.2 Å². The van der Waals surface area contributed by atoms with E-state index in [4.69, 9.17) is 31.0 Å². The summed E-state index contributed by atoms with van der Waals surface area (Å²) >= 11 is 9.12. The molecule has 0 unspecified atom stereocenters. The number of ether oxygens (including phenoxy) is 2. The zero-order valence-electron chi connectivity index (χ0n) is 14.6. The summed E-state index contributed by atoms with van der Waals surface area (Å²) in [6.07, 6.45) is 0. The van der Waals surface area contributed by atoms with Gasteiger partial charge >= 0.3 is 0 Å². The number of nitrogens with zero attached hydrogens (tertiary/aromatic N) is 2. The summed E-state index contributed by atoms with van der Waals surface area (Å²) in [5.41, 5.74) is 3.83. The first-order valence-corrected chi connectivity index (χ1v) is 10.2. The van der Waals surface area contributed by atoms with Gasteiger partial charge in [-0.15, -0.1) is 22.7 Å². The van der Waals surface area contributed by atoms with Gasteiger partial charge in [-0.05, 0) is 30.3 Å². The van der Waals surface area contributed by atoms with Gasteiger partial charge in [0.15, 0.2) is 21.5 Å². The highest BCUT2D eigenvalue weighted by Crippen LogP contribution is 2.36. The van der Waals surface area contributed by atoms with Gasteiger partial charge in [0.2, 0.25) is 0 Å². The normalized spacial score (nSPS) is 10.8. The van der Waals surface area contributed by atoms with Gasteiger partial charge < -0.3 is 9.47 Å². The van der Waals surface area contributed by atoms with Crippen molar-refractivity contribution < 1.29 is 9.47 Å². The second-order valence-electron chi connectivity index (χ2n) is 5.65. The molecule has 0 N–H and O–H groups in total. The minimum atomic E-state index is 0.684. The molecule has 2 aromatic heterocycles. The lowest BCUT2D eigenvalue weighted by Crippen LogP contribution is -1.90. The second-order valence-corrected chi connectivity index (χ2v) is 7.81. The summed E-state index contributed by atoms with van der Waals surface area (Å²) in [6.45, 7) is 0. The van der Waals surface area contributed by atoms with Gasteiger partial charge in [0, 0.05) is 26.9 Å². The molecule has 0 aliphatic rings. The van der Waals surface area contributed by atoms with Gasteiger partial charge in [0.05, 0.1) is 25.6 Å². The SMILES string of the molecule is COc1ccc(-c2csc(-c3nc(-c4ccc(Cl)cc4)cs3)n2)cc1OC. The number of methoxy groups -OCH3 is 2. The lowest BCUT2D eigenvalue weighted by Gasteiger charge is -2.08. The van der Waals surface area contributed by atoms with E-state index in [1.165, 1.54) is 0 Å². The van der Waals surface area contributed by atoms with Crippen molar-refractivity contribution in [1.29, 1.82) is 0 Å². The summed E-state index contributed by atoms with van der Waals surface area (Å²) in [7, 11) is 3.25. The quantitative estimate of drug-likeness (QED) is 0.386. The van der Waals surface area contributed by atoms with E-state index in [0.717, 1.165) is 32.5 Å². The molecule has 0 aliphatic carbocycles. The minimum absolute atomic E-state index is 0.684. The Labute approximate surface area is 170 Å². The minimum Gasteiger partial charge on any atom is -0.493 e. The van der Waals surface area contributed by atoms with Crippen LogP contribution in [0.4, 0.5) is 0 Å². The van der Waals surface area contributed by atoms with Gasteiger partial charge in [-0.25, -0.2) is 9.97 Å². The average molecular weight is 415 g/mol. The van der Waals surface area contributed by atoms with Crippen molar-refractivity contribution in [2.45, 2.75) is 0 Å². The van der Waals surface area contributed by atoms with Crippen LogP contribution < -0.4 is 9.47 Å². The predicted octanol–water partition coefficient (Wildman–Crippen LogP) is 6.27. The van der Waals surface area contributed by atoms with Crippen molar-refractivity contribution in [2.24, 2.45) is 0 Å². The molecule has 2 aromatic carbocycles. The Hall–Kier alpha value is -2.41. The highest BCUT2D eigenvalue weighted by molar-refractivity contribution is 7.20. The fraction of sp³-hybridized carbons (Fsp3) is 0.100.